The molecule has 0 atom stereocenters. The summed E-state index contributed by atoms with van der Waals surface area (Å²) in [5.41, 5.74) is 0. The van der Waals surface area contributed by atoms with Crippen LogP contribution in [0.5, 0.6) is 0 Å². The van der Waals surface area contributed by atoms with Crippen LogP contribution in [0, 0.1) is 5.92 Å². The van der Waals surface area contributed by atoms with E-state index in [9.17, 15) is 4.79 Å². The number of aromatic nitrogens is 1. The molecule has 0 bridgehead atoms. The van der Waals surface area contributed by atoms with Gasteiger partial charge >= 0.3 is 5.91 Å². The normalized spacial score (nSPS) is 10.4. The molecule has 2 nitrogen and oxygen atoms in total. The lowest BCUT2D eigenvalue weighted by atomic mass is 10.1. The van der Waals surface area contributed by atoms with Crippen LogP contribution in [0.4, 0.5) is 0 Å². The van der Waals surface area contributed by atoms with Gasteiger partial charge in [0.05, 0.1) is 6.42 Å². The molecule has 0 aliphatic rings. The maximum atomic E-state index is 11.5. The van der Waals surface area contributed by atoms with E-state index in [4.69, 9.17) is 0 Å². The van der Waals surface area contributed by atoms with Gasteiger partial charge in [-0.1, -0.05) is 19.9 Å². The van der Waals surface area contributed by atoms with Crippen molar-refractivity contribution in [2.45, 2.75) is 26.7 Å². The summed E-state index contributed by atoms with van der Waals surface area (Å²) in [6, 6.07) is 5.65. The number of carbonyl (C=O) groups is 1. The van der Waals surface area contributed by atoms with Crippen molar-refractivity contribution in [3.8, 4) is 0 Å². The van der Waals surface area contributed by atoms with E-state index in [1.54, 1.807) is 17.0 Å². The Kier molecular flexibility index (Phi) is 3.62. The molecule has 0 saturated carbocycles. The van der Waals surface area contributed by atoms with Crippen LogP contribution < -0.4 is 4.57 Å². The van der Waals surface area contributed by atoms with Crippen molar-refractivity contribution in [2.24, 2.45) is 5.92 Å². The van der Waals surface area contributed by atoms with Crippen molar-refractivity contribution in [3.63, 3.8) is 0 Å². The molecule has 0 fully saturated rings. The van der Waals surface area contributed by atoms with Gasteiger partial charge in [0.1, 0.15) is 0 Å². The largest absolute Gasteiger partial charge is 0.392 e. The van der Waals surface area contributed by atoms with Gasteiger partial charge < -0.3 is 0 Å². The molecule has 0 unspecified atom stereocenters. The van der Waals surface area contributed by atoms with Gasteiger partial charge in [0, 0.05) is 12.1 Å². The summed E-state index contributed by atoms with van der Waals surface area (Å²) in [5.74, 6) is 0.766. The fraction of sp³-hybridized carbons (Fsp3) is 0.455. The Labute approximate surface area is 79.2 Å². The van der Waals surface area contributed by atoms with E-state index in [2.05, 4.69) is 13.8 Å². The van der Waals surface area contributed by atoms with Crippen LogP contribution in [0.25, 0.3) is 0 Å². The maximum absolute atomic E-state index is 11.5. The van der Waals surface area contributed by atoms with Crippen LogP contribution in [0.2, 0.25) is 0 Å². The van der Waals surface area contributed by atoms with E-state index >= 15 is 0 Å². The lowest BCUT2D eigenvalue weighted by molar-refractivity contribution is -0.574. The summed E-state index contributed by atoms with van der Waals surface area (Å²) in [6.07, 6.45) is 5.18. The predicted octanol–water partition coefficient (Wildman–Crippen LogP) is 2.05. The fourth-order valence-electron chi connectivity index (χ4n) is 1.11. The Morgan fingerprint density at radius 3 is 2.38 bits per heavy atom. The summed E-state index contributed by atoms with van der Waals surface area (Å²) in [6.45, 7) is 4.26. The summed E-state index contributed by atoms with van der Waals surface area (Å²) >= 11 is 0. The number of hydrogen-bond donors (Lipinski definition) is 0. The predicted molar refractivity (Wildman–Crippen MR) is 51.3 cm³/mol. The van der Waals surface area contributed by atoms with E-state index in [0.29, 0.717) is 12.3 Å². The molecule has 0 aromatic carbocycles. The van der Waals surface area contributed by atoms with Gasteiger partial charge in [0.15, 0.2) is 12.4 Å². The van der Waals surface area contributed by atoms with Gasteiger partial charge in [0.25, 0.3) is 0 Å². The van der Waals surface area contributed by atoms with Gasteiger partial charge in [-0.3, -0.25) is 0 Å². The van der Waals surface area contributed by atoms with Crippen molar-refractivity contribution < 1.29 is 9.36 Å². The Hall–Kier alpha value is -1.18. The Morgan fingerprint density at radius 1 is 1.23 bits per heavy atom. The average molecular weight is 178 g/mol. The average Bonchev–Trinajstić information content (AvgIpc) is 2.15. The zero-order valence-corrected chi connectivity index (χ0v) is 8.23. The summed E-state index contributed by atoms with van der Waals surface area (Å²) < 4.78 is 1.64. The summed E-state index contributed by atoms with van der Waals surface area (Å²) in [7, 11) is 0. The number of rotatable bonds is 3. The van der Waals surface area contributed by atoms with Gasteiger partial charge in [-0.05, 0) is 12.3 Å². The zero-order valence-electron chi connectivity index (χ0n) is 8.23. The zero-order chi connectivity index (χ0) is 9.68. The van der Waals surface area contributed by atoms with E-state index in [1.807, 2.05) is 18.2 Å². The molecule has 1 aromatic rings. The molecule has 13 heavy (non-hydrogen) atoms. The van der Waals surface area contributed by atoms with Crippen molar-refractivity contribution in [2.75, 3.05) is 0 Å². The van der Waals surface area contributed by atoms with Crippen LogP contribution in [0.3, 0.4) is 0 Å². The monoisotopic (exact) mass is 178 g/mol. The lowest BCUT2D eigenvalue weighted by Crippen LogP contribution is -2.41. The Balaban J connectivity index is 2.50. The first-order chi connectivity index (χ1) is 6.20. The fourth-order valence-corrected chi connectivity index (χ4v) is 1.11. The second kappa shape index (κ2) is 4.75. The standard InChI is InChI=1S/C11H16NO/c1-10(2)6-7-11(13)12-8-4-3-5-9-12/h3-5,8-10H,6-7H2,1-2H3/q+1. The highest BCUT2D eigenvalue weighted by Crippen LogP contribution is 2.02. The third-order valence-electron chi connectivity index (χ3n) is 1.94. The quantitative estimate of drug-likeness (QED) is 0.649. The van der Waals surface area contributed by atoms with Crippen LogP contribution >= 0.6 is 0 Å². The smallest absolute Gasteiger partial charge is 0.219 e. The van der Waals surface area contributed by atoms with Crippen LogP contribution in [-0.2, 0) is 0 Å². The SMILES string of the molecule is CC(C)CCC(=O)[n+]1ccccc1. The van der Waals surface area contributed by atoms with Gasteiger partial charge in [-0.25, -0.2) is 4.79 Å². The van der Waals surface area contributed by atoms with Crippen LogP contribution in [0.1, 0.15) is 31.5 Å². The second-order valence-corrected chi connectivity index (χ2v) is 3.61. The highest BCUT2D eigenvalue weighted by molar-refractivity contribution is 5.66. The summed E-state index contributed by atoms with van der Waals surface area (Å²) in [4.78, 5) is 11.5. The second-order valence-electron chi connectivity index (χ2n) is 3.61. The topological polar surface area (TPSA) is 20.9 Å². The molecule has 1 heterocycles. The van der Waals surface area contributed by atoms with E-state index in [-0.39, 0.29) is 5.91 Å². The van der Waals surface area contributed by atoms with E-state index in [0.717, 1.165) is 6.42 Å². The highest BCUT2D eigenvalue weighted by Gasteiger charge is 2.12. The molecule has 0 aliphatic heterocycles. The van der Waals surface area contributed by atoms with Gasteiger partial charge in [-0.15, -0.1) is 4.57 Å². The molecular weight excluding hydrogens is 162 g/mol. The lowest BCUT2D eigenvalue weighted by Gasteiger charge is -1.99. The van der Waals surface area contributed by atoms with Gasteiger partial charge in [-0.2, -0.15) is 0 Å². The molecule has 0 aliphatic carbocycles. The molecule has 0 spiro atoms. The van der Waals surface area contributed by atoms with Gasteiger partial charge in [0.2, 0.25) is 0 Å². The molecule has 70 valence electrons. The number of carbonyl (C=O) groups excluding carboxylic acids is 1. The molecule has 0 N–H and O–H groups in total. The highest BCUT2D eigenvalue weighted by atomic mass is 16.1. The summed E-state index contributed by atoms with van der Waals surface area (Å²) in [5, 5.41) is 0. The van der Waals surface area contributed by atoms with Crippen molar-refractivity contribution in [1.29, 1.82) is 0 Å². The van der Waals surface area contributed by atoms with Crippen LogP contribution in [0.15, 0.2) is 30.6 Å². The molecule has 0 amide bonds. The van der Waals surface area contributed by atoms with E-state index < -0.39 is 0 Å². The maximum Gasteiger partial charge on any atom is 0.392 e. The minimum absolute atomic E-state index is 0.175. The third-order valence-corrected chi connectivity index (χ3v) is 1.94. The van der Waals surface area contributed by atoms with Crippen LogP contribution in [-0.4, -0.2) is 5.91 Å². The molecule has 1 rings (SSSR count). The molecule has 2 heteroatoms. The minimum Gasteiger partial charge on any atom is -0.219 e. The first-order valence-corrected chi connectivity index (χ1v) is 4.69. The Morgan fingerprint density at radius 2 is 1.85 bits per heavy atom. The van der Waals surface area contributed by atoms with E-state index in [1.165, 1.54) is 0 Å². The third kappa shape index (κ3) is 3.36. The number of hydrogen-bond acceptors (Lipinski definition) is 1. The molecule has 0 saturated heterocycles. The number of nitrogens with zero attached hydrogens (tertiary/aromatic N) is 1. The van der Waals surface area contributed by atoms with Crippen molar-refractivity contribution in [1.82, 2.24) is 0 Å². The van der Waals surface area contributed by atoms with Crippen molar-refractivity contribution in [3.05, 3.63) is 30.6 Å². The Bertz CT molecular complexity index is 267. The van der Waals surface area contributed by atoms with Crippen molar-refractivity contribution >= 4 is 5.91 Å². The first-order valence-electron chi connectivity index (χ1n) is 4.69. The molecule has 1 aromatic heterocycles. The molecule has 0 radical (unpaired) electrons. The molecular formula is C11H16NO+. The first kappa shape index (κ1) is 9.90. The number of pyridine rings is 1. The minimum atomic E-state index is 0.175.